The number of halogens is 2. The second kappa shape index (κ2) is 8.34. The molecule has 0 aromatic heterocycles. The molecule has 0 unspecified atom stereocenters. The van der Waals surface area contributed by atoms with Crippen LogP contribution in [0.2, 0.25) is 0 Å². The van der Waals surface area contributed by atoms with Gasteiger partial charge in [0.25, 0.3) is 0 Å². The molecule has 1 N–H and O–H groups in total. The van der Waals surface area contributed by atoms with Gasteiger partial charge in [0, 0.05) is 5.56 Å². The van der Waals surface area contributed by atoms with Gasteiger partial charge in [0.05, 0.1) is 12.2 Å². The number of ketones is 1. The van der Waals surface area contributed by atoms with Gasteiger partial charge in [-0.3, -0.25) is 4.79 Å². The molecule has 0 saturated heterocycles. The van der Waals surface area contributed by atoms with E-state index in [1.54, 1.807) is 12.1 Å². The standard InChI is InChI=1S/C18H16F2O5/c1-11(24-17(23)14-4-2-12(10-21)3-5-14)16(22)13-6-8-15(9-7-13)25-18(19)20/h2-9,11,18,21H,10H2,1H3/t11-/m0/s1. The maximum atomic E-state index is 12.2. The lowest BCUT2D eigenvalue weighted by Crippen LogP contribution is -2.24. The number of benzene rings is 2. The maximum absolute atomic E-state index is 12.2. The molecule has 0 bridgehead atoms. The van der Waals surface area contributed by atoms with Gasteiger partial charge in [-0.2, -0.15) is 8.78 Å². The predicted molar refractivity (Wildman–Crippen MR) is 84.6 cm³/mol. The summed E-state index contributed by atoms with van der Waals surface area (Å²) in [5, 5.41) is 8.97. The molecular weight excluding hydrogens is 334 g/mol. The Morgan fingerprint density at radius 3 is 2.08 bits per heavy atom. The summed E-state index contributed by atoms with van der Waals surface area (Å²) in [6, 6.07) is 11.2. The first-order chi connectivity index (χ1) is 11.9. The first kappa shape index (κ1) is 18.5. The maximum Gasteiger partial charge on any atom is 0.387 e. The smallest absolute Gasteiger partial charge is 0.387 e. The number of hydrogen-bond donors (Lipinski definition) is 1. The molecule has 0 spiro atoms. The summed E-state index contributed by atoms with van der Waals surface area (Å²) >= 11 is 0. The van der Waals surface area contributed by atoms with E-state index in [1.165, 1.54) is 43.3 Å². The zero-order valence-corrected chi connectivity index (χ0v) is 13.3. The molecule has 0 fully saturated rings. The second-order valence-electron chi connectivity index (χ2n) is 5.17. The van der Waals surface area contributed by atoms with Crippen molar-refractivity contribution in [2.45, 2.75) is 26.2 Å². The molecule has 2 aromatic carbocycles. The fraction of sp³-hybridized carbons (Fsp3) is 0.222. The van der Waals surface area contributed by atoms with Crippen molar-refractivity contribution >= 4 is 11.8 Å². The van der Waals surface area contributed by atoms with Crippen LogP contribution in [0.5, 0.6) is 5.75 Å². The summed E-state index contributed by atoms with van der Waals surface area (Å²) in [7, 11) is 0. The van der Waals surface area contributed by atoms with Gasteiger partial charge in [0.15, 0.2) is 6.10 Å². The highest BCUT2D eigenvalue weighted by Crippen LogP contribution is 2.17. The quantitative estimate of drug-likeness (QED) is 0.613. The van der Waals surface area contributed by atoms with Gasteiger partial charge in [0.2, 0.25) is 5.78 Å². The van der Waals surface area contributed by atoms with E-state index in [0.717, 1.165) is 0 Å². The van der Waals surface area contributed by atoms with Crippen LogP contribution < -0.4 is 4.74 Å². The van der Waals surface area contributed by atoms with E-state index in [1.807, 2.05) is 0 Å². The third kappa shape index (κ3) is 5.09. The summed E-state index contributed by atoms with van der Waals surface area (Å²) in [4.78, 5) is 24.3. The summed E-state index contributed by atoms with van der Waals surface area (Å²) in [6.45, 7) is -1.67. The van der Waals surface area contributed by atoms with Crippen molar-refractivity contribution in [3.8, 4) is 5.75 Å². The molecule has 0 amide bonds. The van der Waals surface area contributed by atoms with E-state index in [4.69, 9.17) is 9.84 Å². The van der Waals surface area contributed by atoms with Gasteiger partial charge in [-0.25, -0.2) is 4.79 Å². The van der Waals surface area contributed by atoms with Gasteiger partial charge in [0.1, 0.15) is 5.75 Å². The van der Waals surface area contributed by atoms with E-state index < -0.39 is 24.5 Å². The summed E-state index contributed by atoms with van der Waals surface area (Å²) in [5.74, 6) is -1.22. The molecule has 0 aliphatic heterocycles. The SMILES string of the molecule is C[C@H](OC(=O)c1ccc(CO)cc1)C(=O)c1ccc(OC(F)F)cc1. The van der Waals surface area contributed by atoms with Crippen molar-refractivity contribution in [1.29, 1.82) is 0 Å². The monoisotopic (exact) mass is 350 g/mol. The molecule has 0 aliphatic rings. The highest BCUT2D eigenvalue weighted by molar-refractivity contribution is 6.01. The van der Waals surface area contributed by atoms with Crippen LogP contribution in [0.15, 0.2) is 48.5 Å². The molecule has 5 nitrogen and oxygen atoms in total. The van der Waals surface area contributed by atoms with Crippen molar-refractivity contribution in [2.75, 3.05) is 0 Å². The van der Waals surface area contributed by atoms with E-state index in [9.17, 15) is 18.4 Å². The van der Waals surface area contributed by atoms with E-state index in [0.29, 0.717) is 5.56 Å². The Balaban J connectivity index is 2.00. The number of carbonyl (C=O) groups is 2. The number of carbonyl (C=O) groups excluding carboxylic acids is 2. The van der Waals surface area contributed by atoms with Crippen LogP contribution in [0, 0.1) is 0 Å². The molecule has 7 heteroatoms. The molecule has 0 heterocycles. The van der Waals surface area contributed by atoms with E-state index >= 15 is 0 Å². The van der Waals surface area contributed by atoms with Crippen LogP contribution in [0.25, 0.3) is 0 Å². The van der Waals surface area contributed by atoms with Crippen LogP contribution in [-0.4, -0.2) is 29.6 Å². The number of aliphatic hydroxyl groups is 1. The number of alkyl halides is 2. The highest BCUT2D eigenvalue weighted by atomic mass is 19.3. The van der Waals surface area contributed by atoms with Gasteiger partial charge in [-0.05, 0) is 48.9 Å². The lowest BCUT2D eigenvalue weighted by atomic mass is 10.1. The van der Waals surface area contributed by atoms with Crippen LogP contribution in [-0.2, 0) is 11.3 Å². The van der Waals surface area contributed by atoms with Crippen LogP contribution in [0.3, 0.4) is 0 Å². The van der Waals surface area contributed by atoms with Crippen LogP contribution >= 0.6 is 0 Å². The Hall–Kier alpha value is -2.80. The van der Waals surface area contributed by atoms with Gasteiger partial charge in [-0.1, -0.05) is 12.1 Å². The fourth-order valence-electron chi connectivity index (χ4n) is 2.06. The zero-order chi connectivity index (χ0) is 18.4. The highest BCUT2D eigenvalue weighted by Gasteiger charge is 2.20. The molecule has 2 aromatic rings. The largest absolute Gasteiger partial charge is 0.451 e. The number of ether oxygens (including phenoxy) is 2. The lowest BCUT2D eigenvalue weighted by molar-refractivity contribution is -0.0498. The molecule has 0 aliphatic carbocycles. The molecule has 25 heavy (non-hydrogen) atoms. The summed E-state index contributed by atoms with van der Waals surface area (Å²) < 4.78 is 33.5. The Labute approximate surface area is 142 Å². The average molecular weight is 350 g/mol. The lowest BCUT2D eigenvalue weighted by Gasteiger charge is -2.13. The van der Waals surface area contributed by atoms with Crippen molar-refractivity contribution in [2.24, 2.45) is 0 Å². The topological polar surface area (TPSA) is 72.8 Å². The molecule has 132 valence electrons. The summed E-state index contributed by atoms with van der Waals surface area (Å²) in [5.41, 5.74) is 1.10. The molecule has 1 atom stereocenters. The van der Waals surface area contributed by atoms with Gasteiger partial charge < -0.3 is 14.6 Å². The molecule has 0 radical (unpaired) electrons. The van der Waals surface area contributed by atoms with Crippen LogP contribution in [0.4, 0.5) is 8.78 Å². The van der Waals surface area contributed by atoms with E-state index in [2.05, 4.69) is 4.74 Å². The normalized spacial score (nSPS) is 11.9. The molecule has 0 saturated carbocycles. The Bertz CT molecular complexity index is 726. The zero-order valence-electron chi connectivity index (χ0n) is 13.3. The van der Waals surface area contributed by atoms with Crippen LogP contribution in [0.1, 0.15) is 33.2 Å². The minimum absolute atomic E-state index is 0.0693. The van der Waals surface area contributed by atoms with Crippen molar-refractivity contribution < 1.29 is 33.0 Å². The minimum atomic E-state index is -2.95. The van der Waals surface area contributed by atoms with Gasteiger partial charge >= 0.3 is 12.6 Å². The Morgan fingerprint density at radius 1 is 1.00 bits per heavy atom. The first-order valence-corrected chi connectivity index (χ1v) is 7.40. The van der Waals surface area contributed by atoms with Crippen molar-refractivity contribution in [3.05, 3.63) is 65.2 Å². The number of aliphatic hydroxyl groups excluding tert-OH is 1. The number of Topliss-reactive ketones (excluding diaryl/α,β-unsaturated/α-hetero) is 1. The Kier molecular flexibility index (Phi) is 6.19. The number of rotatable bonds is 7. The van der Waals surface area contributed by atoms with Gasteiger partial charge in [-0.15, -0.1) is 0 Å². The van der Waals surface area contributed by atoms with Crippen molar-refractivity contribution in [3.63, 3.8) is 0 Å². The summed E-state index contributed by atoms with van der Waals surface area (Å²) in [6.07, 6.45) is -1.05. The third-order valence-electron chi connectivity index (χ3n) is 3.39. The second-order valence-corrected chi connectivity index (χ2v) is 5.17. The predicted octanol–water partition coefficient (Wildman–Crippen LogP) is 3.21. The number of hydrogen-bond acceptors (Lipinski definition) is 5. The average Bonchev–Trinajstić information content (AvgIpc) is 2.61. The first-order valence-electron chi connectivity index (χ1n) is 7.40. The van der Waals surface area contributed by atoms with Crippen molar-refractivity contribution in [1.82, 2.24) is 0 Å². The molecule has 2 rings (SSSR count). The third-order valence-corrected chi connectivity index (χ3v) is 3.39. The fourth-order valence-corrected chi connectivity index (χ4v) is 2.06. The number of esters is 1. The Morgan fingerprint density at radius 2 is 1.56 bits per heavy atom. The van der Waals surface area contributed by atoms with E-state index in [-0.39, 0.29) is 23.5 Å². The molecular formula is C18H16F2O5. The minimum Gasteiger partial charge on any atom is -0.451 e.